The molecule has 3 aromatic rings. The van der Waals surface area contributed by atoms with Crippen LogP contribution in [0.2, 0.25) is 0 Å². The first-order chi connectivity index (χ1) is 8.83. The van der Waals surface area contributed by atoms with E-state index >= 15 is 0 Å². The number of hydrogen-bond acceptors (Lipinski definition) is 3. The lowest BCUT2D eigenvalue weighted by atomic mass is 10.1. The molecular weight excluding hydrogens is 224 g/mol. The number of hydrogen-bond donors (Lipinski definition) is 0. The zero-order chi connectivity index (χ0) is 12.4. The molecular formula is C15H14N2O. The molecule has 90 valence electrons. The van der Waals surface area contributed by atoms with E-state index in [1.54, 1.807) is 6.20 Å². The summed E-state index contributed by atoms with van der Waals surface area (Å²) in [5.41, 5.74) is 3.91. The molecule has 0 aliphatic heterocycles. The Morgan fingerprint density at radius 2 is 1.89 bits per heavy atom. The van der Waals surface area contributed by atoms with Crippen molar-refractivity contribution in [3.63, 3.8) is 0 Å². The van der Waals surface area contributed by atoms with Crippen LogP contribution in [0.15, 0.2) is 47.0 Å². The van der Waals surface area contributed by atoms with Crippen molar-refractivity contribution in [1.29, 1.82) is 0 Å². The molecule has 0 aliphatic rings. The topological polar surface area (TPSA) is 38.9 Å². The number of aryl methyl sites for hydroxylation is 3. The molecule has 0 spiro atoms. The Labute approximate surface area is 105 Å². The van der Waals surface area contributed by atoms with Crippen LogP contribution in [0.3, 0.4) is 0 Å². The second kappa shape index (κ2) is 4.61. The second-order valence-corrected chi connectivity index (χ2v) is 4.37. The Balaban J connectivity index is 1.81. The maximum atomic E-state index is 5.65. The van der Waals surface area contributed by atoms with Gasteiger partial charge in [-0.15, -0.1) is 0 Å². The van der Waals surface area contributed by atoms with Gasteiger partial charge in [0.05, 0.1) is 0 Å². The average Bonchev–Trinajstić information content (AvgIpc) is 2.82. The van der Waals surface area contributed by atoms with E-state index in [0.717, 1.165) is 29.8 Å². The van der Waals surface area contributed by atoms with Gasteiger partial charge in [0.2, 0.25) is 5.71 Å². The van der Waals surface area contributed by atoms with Gasteiger partial charge in [-0.05, 0) is 30.5 Å². The van der Waals surface area contributed by atoms with Crippen molar-refractivity contribution in [2.75, 3.05) is 0 Å². The monoisotopic (exact) mass is 238 g/mol. The Morgan fingerprint density at radius 1 is 1.06 bits per heavy atom. The van der Waals surface area contributed by atoms with Crippen molar-refractivity contribution in [3.05, 3.63) is 59.6 Å². The zero-order valence-corrected chi connectivity index (χ0v) is 10.3. The minimum atomic E-state index is 0.637. The predicted octanol–water partition coefficient (Wildman–Crippen LogP) is 3.32. The molecule has 0 amide bonds. The van der Waals surface area contributed by atoms with Crippen LogP contribution in [0.25, 0.3) is 11.2 Å². The maximum absolute atomic E-state index is 5.65. The van der Waals surface area contributed by atoms with Crippen molar-refractivity contribution in [2.45, 2.75) is 19.8 Å². The Bertz CT molecular complexity index is 659. The third kappa shape index (κ3) is 2.12. The van der Waals surface area contributed by atoms with Gasteiger partial charge in [-0.3, -0.25) is 0 Å². The van der Waals surface area contributed by atoms with E-state index in [1.165, 1.54) is 5.56 Å². The van der Waals surface area contributed by atoms with Gasteiger partial charge in [-0.1, -0.05) is 30.3 Å². The SMILES string of the molecule is Cc1ccnc2oc(CCc3ccccc3)nc12. The summed E-state index contributed by atoms with van der Waals surface area (Å²) in [6.45, 7) is 2.02. The van der Waals surface area contributed by atoms with E-state index in [9.17, 15) is 0 Å². The molecule has 0 radical (unpaired) electrons. The molecule has 2 aromatic heterocycles. The van der Waals surface area contributed by atoms with Gasteiger partial charge in [-0.2, -0.15) is 0 Å². The molecule has 0 N–H and O–H groups in total. The first kappa shape index (κ1) is 11.0. The second-order valence-electron chi connectivity index (χ2n) is 4.37. The summed E-state index contributed by atoms with van der Waals surface area (Å²) in [5, 5.41) is 0. The van der Waals surface area contributed by atoms with E-state index in [2.05, 4.69) is 22.1 Å². The average molecular weight is 238 g/mol. The van der Waals surface area contributed by atoms with Gasteiger partial charge >= 0.3 is 0 Å². The fourth-order valence-electron chi connectivity index (χ4n) is 2.00. The van der Waals surface area contributed by atoms with Crippen LogP contribution >= 0.6 is 0 Å². The van der Waals surface area contributed by atoms with Gasteiger partial charge in [0.25, 0.3) is 0 Å². The van der Waals surface area contributed by atoms with Gasteiger partial charge in [0.1, 0.15) is 5.52 Å². The number of nitrogens with zero attached hydrogens (tertiary/aromatic N) is 2. The highest BCUT2D eigenvalue weighted by Crippen LogP contribution is 2.17. The molecule has 3 rings (SSSR count). The smallest absolute Gasteiger partial charge is 0.247 e. The third-order valence-electron chi connectivity index (χ3n) is 3.01. The lowest BCUT2D eigenvalue weighted by Gasteiger charge is -1.96. The summed E-state index contributed by atoms with van der Waals surface area (Å²) in [4.78, 5) is 8.69. The molecule has 0 saturated heterocycles. The summed E-state index contributed by atoms with van der Waals surface area (Å²) >= 11 is 0. The van der Waals surface area contributed by atoms with Crippen LogP contribution < -0.4 is 0 Å². The van der Waals surface area contributed by atoms with Gasteiger partial charge in [0.15, 0.2) is 5.89 Å². The van der Waals surface area contributed by atoms with Crippen molar-refractivity contribution in [3.8, 4) is 0 Å². The molecule has 3 nitrogen and oxygen atoms in total. The van der Waals surface area contributed by atoms with E-state index in [4.69, 9.17) is 4.42 Å². The van der Waals surface area contributed by atoms with Crippen molar-refractivity contribution < 1.29 is 4.42 Å². The number of rotatable bonds is 3. The molecule has 0 atom stereocenters. The van der Waals surface area contributed by atoms with Gasteiger partial charge in [-0.25, -0.2) is 9.97 Å². The van der Waals surface area contributed by atoms with Crippen molar-refractivity contribution >= 4 is 11.2 Å². The number of fused-ring (bicyclic) bond motifs is 1. The van der Waals surface area contributed by atoms with E-state index in [0.29, 0.717) is 5.71 Å². The van der Waals surface area contributed by atoms with Crippen LogP contribution in [-0.4, -0.2) is 9.97 Å². The molecule has 0 saturated carbocycles. The fraction of sp³-hybridized carbons (Fsp3) is 0.200. The highest BCUT2D eigenvalue weighted by Gasteiger charge is 2.08. The molecule has 2 heterocycles. The van der Waals surface area contributed by atoms with E-state index in [-0.39, 0.29) is 0 Å². The summed E-state index contributed by atoms with van der Waals surface area (Å²) < 4.78 is 5.65. The van der Waals surface area contributed by atoms with E-state index < -0.39 is 0 Å². The highest BCUT2D eigenvalue weighted by atomic mass is 16.4. The Morgan fingerprint density at radius 3 is 2.67 bits per heavy atom. The maximum Gasteiger partial charge on any atom is 0.247 e. The molecule has 0 fully saturated rings. The number of aromatic nitrogens is 2. The predicted molar refractivity (Wildman–Crippen MR) is 70.4 cm³/mol. The summed E-state index contributed by atoms with van der Waals surface area (Å²) in [5.74, 6) is 0.760. The van der Waals surface area contributed by atoms with E-state index in [1.807, 2.05) is 31.2 Å². The fourth-order valence-corrected chi connectivity index (χ4v) is 2.00. The Hall–Kier alpha value is -2.16. The number of oxazole rings is 1. The molecule has 0 unspecified atom stereocenters. The van der Waals surface area contributed by atoms with Crippen molar-refractivity contribution in [1.82, 2.24) is 9.97 Å². The van der Waals surface area contributed by atoms with Crippen LogP contribution in [-0.2, 0) is 12.8 Å². The summed E-state index contributed by atoms with van der Waals surface area (Å²) in [7, 11) is 0. The van der Waals surface area contributed by atoms with Crippen LogP contribution in [0, 0.1) is 6.92 Å². The number of pyridine rings is 1. The third-order valence-corrected chi connectivity index (χ3v) is 3.01. The molecule has 3 heteroatoms. The Kier molecular flexibility index (Phi) is 2.81. The van der Waals surface area contributed by atoms with Gasteiger partial charge < -0.3 is 4.42 Å². The molecule has 18 heavy (non-hydrogen) atoms. The van der Waals surface area contributed by atoms with Gasteiger partial charge in [0, 0.05) is 12.6 Å². The first-order valence-corrected chi connectivity index (χ1v) is 6.08. The first-order valence-electron chi connectivity index (χ1n) is 6.08. The minimum absolute atomic E-state index is 0.637. The van der Waals surface area contributed by atoms with Crippen LogP contribution in [0.1, 0.15) is 17.0 Å². The molecule has 1 aromatic carbocycles. The molecule has 0 bridgehead atoms. The lowest BCUT2D eigenvalue weighted by molar-refractivity contribution is 0.520. The zero-order valence-electron chi connectivity index (χ0n) is 10.3. The summed E-state index contributed by atoms with van der Waals surface area (Å²) in [6, 6.07) is 12.3. The normalized spacial score (nSPS) is 10.9. The largest absolute Gasteiger partial charge is 0.422 e. The standard InChI is InChI=1S/C15H14N2O/c1-11-9-10-16-15-14(11)17-13(18-15)8-7-12-5-3-2-4-6-12/h2-6,9-10H,7-8H2,1H3. The van der Waals surface area contributed by atoms with Crippen molar-refractivity contribution in [2.24, 2.45) is 0 Å². The van der Waals surface area contributed by atoms with Crippen LogP contribution in [0.5, 0.6) is 0 Å². The quantitative estimate of drug-likeness (QED) is 0.702. The summed E-state index contributed by atoms with van der Waals surface area (Å²) in [6.07, 6.45) is 3.50. The minimum Gasteiger partial charge on any atom is -0.422 e. The number of benzene rings is 1. The highest BCUT2D eigenvalue weighted by molar-refractivity contribution is 5.71. The lowest BCUT2D eigenvalue weighted by Crippen LogP contribution is -1.90. The molecule has 0 aliphatic carbocycles. The van der Waals surface area contributed by atoms with Crippen LogP contribution in [0.4, 0.5) is 0 Å².